The minimum absolute atomic E-state index is 0.0268. The van der Waals surface area contributed by atoms with Gasteiger partial charge in [0.05, 0.1) is 81.5 Å². The van der Waals surface area contributed by atoms with Gasteiger partial charge in [0, 0.05) is 23.8 Å². The van der Waals surface area contributed by atoms with Gasteiger partial charge in [-0.05, 0) is 100 Å². The minimum Gasteiger partial charge on any atom is -0.479 e. The van der Waals surface area contributed by atoms with Gasteiger partial charge in [-0.15, -0.1) is 0 Å². The van der Waals surface area contributed by atoms with E-state index < -0.39 is 231 Å². The molecule has 9 aliphatic rings. The molecule has 30 atom stereocenters. The Morgan fingerprint density at radius 2 is 1.39 bits per heavy atom. The summed E-state index contributed by atoms with van der Waals surface area (Å²) < 4.78 is 61.0. The summed E-state index contributed by atoms with van der Waals surface area (Å²) in [4.78, 5) is 53.5. The maximum absolute atomic E-state index is 14.0. The molecular formula is C62H96O27. The van der Waals surface area contributed by atoms with E-state index in [0.717, 1.165) is 11.9 Å². The molecule has 27 heteroatoms. The molecular weight excluding hydrogens is 1180 g/mol. The van der Waals surface area contributed by atoms with Crippen molar-refractivity contribution in [1.82, 2.24) is 0 Å². The number of aldehydes is 1. The Bertz CT molecular complexity index is 2600. The standard InChI is InChI=1S/C62H96O27/c1-10-27(2)54(79)88-51-52(84-28(3)66)62(25-65)33(17-57(51,4)5)32-12-11-30-31(59(32,7)18-39(62)69)13-14-38-58(30,6)16-15-40(60(38,8)24-64)81-23-37-47(86-56-49(43(72)35(68)22-83-56)87-55-46(75)42(71)34(67)21-82-55)29(41(70)48(85-37)53(77)78)20-80-26-61(9)50(76)45(74)44(73)36(19-63)89-61/h10,12,24,29-31,33-52,55-56,63,65,67-76H,11,13-23,25-26H2,1-9H3,(H,77,78)/b27-10-/t29-,30?,31?,33?,34+,35-,36+,37-,38?,39?,40?,41-,42-,43-,44-,45-,46+,47+,48-,49+,50+,51?,52?,55-,56-,58?,59?,60?,61-,62?/m0/s1. The minimum atomic E-state index is -1.99. The first-order valence-corrected chi connectivity index (χ1v) is 31.2. The average Bonchev–Trinajstić information content (AvgIpc) is 0.692. The highest BCUT2D eigenvalue weighted by molar-refractivity contribution is 5.87. The molecule has 13 N–H and O–H groups in total. The van der Waals surface area contributed by atoms with Gasteiger partial charge in [-0.3, -0.25) is 4.79 Å². The number of hydrogen-bond acceptors (Lipinski definition) is 26. The monoisotopic (exact) mass is 1270 g/mol. The lowest BCUT2D eigenvalue weighted by molar-refractivity contribution is -0.362. The number of aliphatic hydroxyl groups excluding tert-OH is 12. The summed E-state index contributed by atoms with van der Waals surface area (Å²) in [5.41, 5.74) is -5.00. The van der Waals surface area contributed by atoms with Gasteiger partial charge < -0.3 is 119 Å². The summed E-state index contributed by atoms with van der Waals surface area (Å²) in [6.45, 7) is 11.9. The summed E-state index contributed by atoms with van der Waals surface area (Å²) >= 11 is 0. The number of aliphatic hydroxyl groups is 12. The molecule has 89 heavy (non-hydrogen) atoms. The smallest absolute Gasteiger partial charge is 0.335 e. The second kappa shape index (κ2) is 26.5. The van der Waals surface area contributed by atoms with Crippen molar-refractivity contribution in [2.75, 3.05) is 46.2 Å². The van der Waals surface area contributed by atoms with Gasteiger partial charge >= 0.3 is 17.9 Å². The van der Waals surface area contributed by atoms with Gasteiger partial charge in [-0.1, -0.05) is 52.3 Å². The van der Waals surface area contributed by atoms with Crippen LogP contribution in [0.3, 0.4) is 0 Å². The normalized spacial score (nSPS) is 49.8. The number of fused-ring (bicyclic) bond motifs is 7. The van der Waals surface area contributed by atoms with Crippen molar-refractivity contribution in [3.63, 3.8) is 0 Å². The SMILES string of the molecule is C/C=C(/C)C(=O)OC1C(OC(C)=O)C2(CO)C(O)CC3(C)C(=CCC4C3CCC3C(C)(C=O)C(OC[C@@H]5O[C@H](C(=O)O)[C@@H](O)[C@H](COC[C@]6(C)O[C@H](CO)[C@H](O)[C@H](O)[C@H]6O)[C@H]5O[C@@H]5OC[C@H](O)[C@H](O)[C@H]5O[C@@H]5OC[C@@H](O)[C@H](O)[C@H]5O)CCC43C)C2CC1(C)C. The third-order valence-electron chi connectivity index (χ3n) is 22.7. The second-order valence-electron chi connectivity index (χ2n) is 28.5. The number of esters is 2. The molecule has 5 aliphatic carbocycles. The summed E-state index contributed by atoms with van der Waals surface area (Å²) in [6, 6.07) is 0. The van der Waals surface area contributed by atoms with Gasteiger partial charge in [0.1, 0.15) is 91.2 Å². The number of ether oxygens (including phenoxy) is 10. The van der Waals surface area contributed by atoms with Crippen molar-refractivity contribution < 1.29 is 133 Å². The predicted molar refractivity (Wildman–Crippen MR) is 303 cm³/mol. The van der Waals surface area contributed by atoms with Crippen LogP contribution in [0.15, 0.2) is 23.3 Å². The second-order valence-corrected chi connectivity index (χ2v) is 28.5. The summed E-state index contributed by atoms with van der Waals surface area (Å²) in [7, 11) is 0. The van der Waals surface area contributed by atoms with Crippen molar-refractivity contribution >= 4 is 24.2 Å². The van der Waals surface area contributed by atoms with Crippen LogP contribution in [0.4, 0.5) is 0 Å². The first kappa shape index (κ1) is 70.1. The zero-order chi connectivity index (χ0) is 65.4. The van der Waals surface area contributed by atoms with E-state index in [4.69, 9.17) is 47.4 Å². The third kappa shape index (κ3) is 12.2. The maximum atomic E-state index is 14.0. The fourth-order valence-corrected chi connectivity index (χ4v) is 17.5. The zero-order valence-electron chi connectivity index (χ0n) is 52.1. The predicted octanol–water partition coefficient (Wildman–Crippen LogP) is -1.68. The number of carboxylic acids is 1. The van der Waals surface area contributed by atoms with Crippen molar-refractivity contribution in [2.24, 2.45) is 56.7 Å². The van der Waals surface area contributed by atoms with E-state index in [0.29, 0.717) is 44.1 Å². The lowest BCUT2D eigenvalue weighted by atomic mass is 9.37. The lowest BCUT2D eigenvalue weighted by Gasteiger charge is -2.69. The van der Waals surface area contributed by atoms with Gasteiger partial charge in [0.25, 0.3) is 0 Å². The number of hydrogen-bond donors (Lipinski definition) is 13. The van der Waals surface area contributed by atoms with Crippen LogP contribution in [0, 0.1) is 56.7 Å². The van der Waals surface area contributed by atoms with Crippen LogP contribution in [0.5, 0.6) is 0 Å². The molecule has 4 saturated carbocycles. The van der Waals surface area contributed by atoms with Crippen LogP contribution in [0.25, 0.3) is 0 Å². The molecule has 0 amide bonds. The topological polar surface area (TPSA) is 424 Å². The molecule has 0 radical (unpaired) electrons. The first-order valence-electron chi connectivity index (χ1n) is 31.2. The van der Waals surface area contributed by atoms with E-state index in [1.807, 2.05) is 20.8 Å². The molecule has 4 heterocycles. The van der Waals surface area contributed by atoms with Gasteiger partial charge in [-0.25, -0.2) is 9.59 Å². The highest BCUT2D eigenvalue weighted by Crippen LogP contribution is 2.72. The Morgan fingerprint density at radius 1 is 0.730 bits per heavy atom. The lowest BCUT2D eigenvalue weighted by Crippen LogP contribution is -2.71. The fraction of sp³-hybridized carbons (Fsp3) is 0.871. The third-order valence-corrected chi connectivity index (χ3v) is 22.7. The van der Waals surface area contributed by atoms with E-state index in [1.165, 1.54) is 13.8 Å². The fourth-order valence-electron chi connectivity index (χ4n) is 17.5. The van der Waals surface area contributed by atoms with Crippen LogP contribution in [0.1, 0.15) is 107 Å². The number of carbonyl (C=O) groups is 4. The number of allylic oxidation sites excluding steroid dienone is 3. The van der Waals surface area contributed by atoms with Crippen LogP contribution >= 0.6 is 0 Å². The Balaban J connectivity index is 0.999. The maximum Gasteiger partial charge on any atom is 0.335 e. The van der Waals surface area contributed by atoms with Crippen molar-refractivity contribution in [3.05, 3.63) is 23.3 Å². The molecule has 27 nitrogen and oxygen atoms in total. The number of aliphatic carboxylic acids is 1. The van der Waals surface area contributed by atoms with E-state index >= 15 is 0 Å². The molecule has 506 valence electrons. The molecule has 0 aromatic rings. The Kier molecular flexibility index (Phi) is 20.9. The quantitative estimate of drug-likeness (QED) is 0.0315. The zero-order valence-corrected chi connectivity index (χ0v) is 52.1. The Labute approximate surface area is 517 Å². The molecule has 0 aromatic heterocycles. The molecule has 4 saturated heterocycles. The van der Waals surface area contributed by atoms with Gasteiger partial charge in [0.2, 0.25) is 0 Å². The molecule has 0 bridgehead atoms. The average molecular weight is 1270 g/mol. The van der Waals surface area contributed by atoms with Crippen LogP contribution in [-0.2, 0) is 66.5 Å². The molecule has 9 rings (SSSR count). The van der Waals surface area contributed by atoms with E-state index in [-0.39, 0.29) is 24.2 Å². The Hall–Kier alpha value is -3.24. The highest BCUT2D eigenvalue weighted by Gasteiger charge is 2.72. The first-order chi connectivity index (χ1) is 41.7. The van der Waals surface area contributed by atoms with Crippen LogP contribution in [-0.4, -0.2) is 265 Å². The van der Waals surface area contributed by atoms with Crippen LogP contribution in [0.2, 0.25) is 0 Å². The van der Waals surface area contributed by atoms with Crippen molar-refractivity contribution in [1.29, 1.82) is 0 Å². The summed E-state index contributed by atoms with van der Waals surface area (Å²) in [5, 5.41) is 143. The van der Waals surface area contributed by atoms with E-state index in [1.54, 1.807) is 19.9 Å². The summed E-state index contributed by atoms with van der Waals surface area (Å²) in [5.74, 6) is -5.18. The molecule has 4 aliphatic heterocycles. The Morgan fingerprint density at radius 3 is 2.02 bits per heavy atom. The van der Waals surface area contributed by atoms with E-state index in [2.05, 4.69) is 19.9 Å². The molecule has 0 aromatic carbocycles. The van der Waals surface area contributed by atoms with Crippen molar-refractivity contribution in [3.8, 4) is 0 Å². The highest BCUT2D eigenvalue weighted by atomic mass is 16.8. The number of carboxylic acid groups (broad SMARTS) is 1. The van der Waals surface area contributed by atoms with Gasteiger partial charge in [0.15, 0.2) is 18.7 Å². The number of carbonyl (C=O) groups excluding carboxylic acids is 3. The van der Waals surface area contributed by atoms with Gasteiger partial charge in [-0.2, -0.15) is 0 Å². The van der Waals surface area contributed by atoms with Crippen LogP contribution < -0.4 is 0 Å². The number of rotatable bonds is 18. The van der Waals surface area contributed by atoms with Crippen molar-refractivity contribution in [2.45, 2.75) is 235 Å². The summed E-state index contributed by atoms with van der Waals surface area (Å²) in [6.07, 6.45) is -23.9. The largest absolute Gasteiger partial charge is 0.479 e. The molecule has 8 fully saturated rings. The molecule has 12 unspecified atom stereocenters. The van der Waals surface area contributed by atoms with E-state index in [9.17, 15) is 85.6 Å². The molecule has 0 spiro atoms.